The highest BCUT2D eigenvalue weighted by molar-refractivity contribution is 6.36. The van der Waals surface area contributed by atoms with Crippen LogP contribution in [0.4, 0.5) is 4.79 Å². The number of carbonyl (C=O) groups is 4. The van der Waals surface area contributed by atoms with E-state index in [2.05, 4.69) is 10.6 Å². The van der Waals surface area contributed by atoms with E-state index >= 15 is 0 Å². The Labute approximate surface area is 166 Å². The number of ether oxygens (including phenoxy) is 1. The van der Waals surface area contributed by atoms with Crippen LogP contribution in [0.1, 0.15) is 30.6 Å². The fraction of sp³-hybridized carbons (Fsp3) is 0.412. The van der Waals surface area contributed by atoms with Crippen molar-refractivity contribution >= 4 is 47.0 Å². The predicted molar refractivity (Wildman–Crippen MR) is 101 cm³/mol. The molecule has 148 valence electrons. The summed E-state index contributed by atoms with van der Waals surface area (Å²) >= 11 is 11.8. The summed E-state index contributed by atoms with van der Waals surface area (Å²) in [6.45, 7) is 3.07. The molecule has 1 aromatic rings. The number of carbonyl (C=O) groups excluding carboxylic acids is 4. The molecule has 0 saturated heterocycles. The van der Waals surface area contributed by atoms with Crippen LogP contribution in [0.25, 0.3) is 0 Å². The summed E-state index contributed by atoms with van der Waals surface area (Å²) in [4.78, 5) is 47.2. The molecule has 1 atom stereocenters. The second kappa shape index (κ2) is 10.7. The van der Waals surface area contributed by atoms with Crippen molar-refractivity contribution in [3.8, 4) is 0 Å². The minimum atomic E-state index is -0.989. The minimum Gasteiger partial charge on any atom is -0.454 e. The van der Waals surface area contributed by atoms with E-state index in [1.165, 1.54) is 25.2 Å². The van der Waals surface area contributed by atoms with Crippen molar-refractivity contribution < 1.29 is 23.9 Å². The Morgan fingerprint density at radius 3 is 2.37 bits per heavy atom. The standard InChI is InChI=1S/C17H21Cl2N3O5/c1-9(2)6-13(16(25)27-8-14(23)22-17(26)20-3)21-15(24)11-5-4-10(18)7-12(11)19/h4-5,7,9,13H,6,8H2,1-3H3,(H,21,24)(H2,20,22,23,26)/t13-/m0/s1. The average molecular weight is 418 g/mol. The molecule has 0 aromatic heterocycles. The Balaban J connectivity index is 2.76. The molecular formula is C17H21Cl2N3O5. The highest BCUT2D eigenvalue weighted by Crippen LogP contribution is 2.21. The van der Waals surface area contributed by atoms with Gasteiger partial charge in [0.15, 0.2) is 6.61 Å². The van der Waals surface area contributed by atoms with Crippen LogP contribution >= 0.6 is 23.2 Å². The number of urea groups is 1. The summed E-state index contributed by atoms with van der Waals surface area (Å²) in [5, 5.41) is 7.22. The Morgan fingerprint density at radius 2 is 1.81 bits per heavy atom. The number of imide groups is 1. The van der Waals surface area contributed by atoms with Crippen LogP contribution < -0.4 is 16.0 Å². The molecule has 0 aliphatic carbocycles. The molecule has 3 N–H and O–H groups in total. The number of hydrogen-bond acceptors (Lipinski definition) is 5. The van der Waals surface area contributed by atoms with Crippen molar-refractivity contribution in [1.82, 2.24) is 16.0 Å². The third-order valence-corrected chi connectivity index (χ3v) is 3.85. The number of halogens is 2. The number of nitrogens with one attached hydrogen (secondary N) is 3. The molecular weight excluding hydrogens is 397 g/mol. The van der Waals surface area contributed by atoms with Crippen LogP contribution in [0.5, 0.6) is 0 Å². The zero-order valence-corrected chi connectivity index (χ0v) is 16.6. The molecule has 0 radical (unpaired) electrons. The number of amides is 4. The van der Waals surface area contributed by atoms with Crippen molar-refractivity contribution in [3.05, 3.63) is 33.8 Å². The summed E-state index contributed by atoms with van der Waals surface area (Å²) in [6, 6.07) is 2.64. The van der Waals surface area contributed by atoms with Crippen molar-refractivity contribution in [2.24, 2.45) is 5.92 Å². The molecule has 0 unspecified atom stereocenters. The van der Waals surface area contributed by atoms with Gasteiger partial charge in [-0.2, -0.15) is 0 Å². The second-order valence-electron chi connectivity index (χ2n) is 6.01. The first-order valence-corrected chi connectivity index (χ1v) is 8.83. The van der Waals surface area contributed by atoms with Gasteiger partial charge >= 0.3 is 12.0 Å². The summed E-state index contributed by atoms with van der Waals surface area (Å²) in [6.07, 6.45) is 0.285. The summed E-state index contributed by atoms with van der Waals surface area (Å²) < 4.78 is 4.90. The van der Waals surface area contributed by atoms with Gasteiger partial charge in [0.05, 0.1) is 10.6 Å². The first-order valence-electron chi connectivity index (χ1n) is 8.08. The number of hydrogen-bond donors (Lipinski definition) is 3. The van der Waals surface area contributed by atoms with Crippen molar-refractivity contribution in [2.75, 3.05) is 13.7 Å². The van der Waals surface area contributed by atoms with Crippen molar-refractivity contribution in [3.63, 3.8) is 0 Å². The molecule has 1 rings (SSSR count). The lowest BCUT2D eigenvalue weighted by Gasteiger charge is -2.19. The molecule has 0 aliphatic rings. The molecule has 10 heteroatoms. The third kappa shape index (κ3) is 7.84. The second-order valence-corrected chi connectivity index (χ2v) is 6.86. The molecule has 0 heterocycles. The Hall–Kier alpha value is -2.32. The van der Waals surface area contributed by atoms with E-state index in [0.29, 0.717) is 5.02 Å². The lowest BCUT2D eigenvalue weighted by Crippen LogP contribution is -2.45. The molecule has 0 aliphatic heterocycles. The first-order chi connectivity index (χ1) is 12.6. The van der Waals surface area contributed by atoms with Gasteiger partial charge in [0.1, 0.15) is 6.04 Å². The quantitative estimate of drug-likeness (QED) is 0.588. The van der Waals surface area contributed by atoms with Crippen molar-refractivity contribution in [1.29, 1.82) is 0 Å². The largest absolute Gasteiger partial charge is 0.454 e. The first kappa shape index (κ1) is 22.7. The van der Waals surface area contributed by atoms with E-state index in [1.807, 2.05) is 19.2 Å². The van der Waals surface area contributed by atoms with Gasteiger partial charge in [-0.1, -0.05) is 37.0 Å². The number of benzene rings is 1. The zero-order valence-electron chi connectivity index (χ0n) is 15.1. The number of rotatable bonds is 7. The monoisotopic (exact) mass is 417 g/mol. The van der Waals surface area contributed by atoms with E-state index in [0.717, 1.165) is 0 Å². The minimum absolute atomic E-state index is 0.0586. The normalized spacial score (nSPS) is 11.5. The van der Waals surface area contributed by atoms with Crippen LogP contribution in [0.2, 0.25) is 10.0 Å². The molecule has 0 saturated carbocycles. The maximum Gasteiger partial charge on any atom is 0.329 e. The molecule has 1 aromatic carbocycles. The van der Waals surface area contributed by atoms with E-state index in [4.69, 9.17) is 27.9 Å². The lowest BCUT2D eigenvalue weighted by atomic mass is 10.0. The summed E-state index contributed by atoms with van der Waals surface area (Å²) in [5.41, 5.74) is 0.153. The van der Waals surface area contributed by atoms with Crippen molar-refractivity contribution in [2.45, 2.75) is 26.3 Å². The predicted octanol–water partition coefficient (Wildman–Crippen LogP) is 2.14. The van der Waals surface area contributed by atoms with E-state index in [9.17, 15) is 19.2 Å². The molecule has 0 fully saturated rings. The van der Waals surface area contributed by atoms with Gasteiger partial charge in [-0.05, 0) is 30.5 Å². The molecule has 27 heavy (non-hydrogen) atoms. The highest BCUT2D eigenvalue weighted by Gasteiger charge is 2.25. The number of esters is 1. The SMILES string of the molecule is CNC(=O)NC(=O)COC(=O)[C@H](CC(C)C)NC(=O)c1ccc(Cl)cc1Cl. The Bertz CT molecular complexity index is 725. The lowest BCUT2D eigenvalue weighted by molar-refractivity contribution is -0.150. The Kier molecular flexibility index (Phi) is 9.04. The van der Waals surface area contributed by atoms with Gasteiger partial charge in [-0.25, -0.2) is 9.59 Å². The van der Waals surface area contributed by atoms with Crippen LogP contribution in [0.3, 0.4) is 0 Å². The highest BCUT2D eigenvalue weighted by atomic mass is 35.5. The average Bonchev–Trinajstić information content (AvgIpc) is 2.58. The van der Waals surface area contributed by atoms with Gasteiger partial charge in [-0.3, -0.25) is 14.9 Å². The van der Waals surface area contributed by atoms with E-state index < -0.39 is 36.5 Å². The van der Waals surface area contributed by atoms with Gasteiger partial charge in [0.2, 0.25) is 0 Å². The third-order valence-electron chi connectivity index (χ3n) is 3.30. The van der Waals surface area contributed by atoms with Gasteiger partial charge < -0.3 is 15.4 Å². The fourth-order valence-electron chi connectivity index (χ4n) is 2.06. The maximum atomic E-state index is 12.4. The van der Waals surface area contributed by atoms with Gasteiger partial charge in [0, 0.05) is 12.1 Å². The fourth-order valence-corrected chi connectivity index (χ4v) is 2.55. The summed E-state index contributed by atoms with van der Waals surface area (Å²) in [5.74, 6) is -2.11. The van der Waals surface area contributed by atoms with Crippen LogP contribution in [0, 0.1) is 5.92 Å². The van der Waals surface area contributed by atoms with Gasteiger partial charge in [0.25, 0.3) is 11.8 Å². The molecule has 4 amide bonds. The van der Waals surface area contributed by atoms with E-state index in [-0.39, 0.29) is 22.9 Å². The van der Waals surface area contributed by atoms with E-state index in [1.54, 1.807) is 0 Å². The molecule has 0 bridgehead atoms. The topological polar surface area (TPSA) is 114 Å². The van der Waals surface area contributed by atoms with Crippen LogP contribution in [-0.2, 0) is 14.3 Å². The van der Waals surface area contributed by atoms with Crippen LogP contribution in [-0.4, -0.2) is 43.5 Å². The molecule has 0 spiro atoms. The molecule has 8 nitrogen and oxygen atoms in total. The zero-order chi connectivity index (χ0) is 20.6. The maximum absolute atomic E-state index is 12.4. The Morgan fingerprint density at radius 1 is 1.15 bits per heavy atom. The van der Waals surface area contributed by atoms with Crippen LogP contribution in [0.15, 0.2) is 18.2 Å². The smallest absolute Gasteiger partial charge is 0.329 e. The summed E-state index contributed by atoms with van der Waals surface area (Å²) in [7, 11) is 1.34. The van der Waals surface area contributed by atoms with Gasteiger partial charge in [-0.15, -0.1) is 0 Å².